The van der Waals surface area contributed by atoms with Crippen molar-refractivity contribution in [1.82, 2.24) is 0 Å². The molecule has 0 aliphatic carbocycles. The topological polar surface area (TPSA) is 80.4 Å². The third kappa shape index (κ3) is 1.84. The van der Waals surface area contributed by atoms with Crippen LogP contribution in [0.25, 0.3) is 0 Å². The molecule has 0 aromatic heterocycles. The molecular weight excluding hydrogens is 133 g/mol. The fourth-order valence-corrected chi connectivity index (χ4v) is 0.0902. The zero-order chi connectivity index (χ0) is 6.73. The van der Waals surface area contributed by atoms with Crippen LogP contribution in [0.1, 0.15) is 0 Å². The minimum absolute atomic E-state index is 0.896. The minimum atomic E-state index is -1.57. The summed E-state index contributed by atoms with van der Waals surface area (Å²) in [5.74, 6) is -3.02. The van der Waals surface area contributed by atoms with E-state index in [1.807, 2.05) is 0 Å². The van der Waals surface area contributed by atoms with Crippen LogP contribution in [0.15, 0.2) is 0 Å². The standard InChI is InChI=1S/C2H4NO4P/c4-2(5)1(8)3(6)7/h1H,8H2,(H,4,5). The summed E-state index contributed by atoms with van der Waals surface area (Å²) in [6.07, 6.45) is 0. The first-order valence-electron chi connectivity index (χ1n) is 1.67. The van der Waals surface area contributed by atoms with Gasteiger partial charge in [-0.2, -0.15) is 0 Å². The normalized spacial score (nSPS) is 12.6. The molecular formula is C2H4NO4P. The van der Waals surface area contributed by atoms with E-state index in [0.29, 0.717) is 0 Å². The lowest BCUT2D eigenvalue weighted by atomic mass is 10.7. The lowest BCUT2D eigenvalue weighted by Gasteiger charge is -1.92. The van der Waals surface area contributed by atoms with E-state index in [4.69, 9.17) is 5.11 Å². The van der Waals surface area contributed by atoms with E-state index in [1.54, 1.807) is 9.24 Å². The van der Waals surface area contributed by atoms with E-state index >= 15 is 0 Å². The Morgan fingerprint density at radius 1 is 1.88 bits per heavy atom. The van der Waals surface area contributed by atoms with Gasteiger partial charge in [0.2, 0.25) is 0 Å². The maximum absolute atomic E-state index is 9.68. The summed E-state index contributed by atoms with van der Waals surface area (Å²) in [5.41, 5.74) is 0. The summed E-state index contributed by atoms with van der Waals surface area (Å²) in [6.45, 7) is 0. The van der Waals surface area contributed by atoms with Crippen LogP contribution < -0.4 is 0 Å². The van der Waals surface area contributed by atoms with Crippen molar-refractivity contribution >= 4 is 15.2 Å². The van der Waals surface area contributed by atoms with Gasteiger partial charge in [0.15, 0.2) is 0 Å². The van der Waals surface area contributed by atoms with Crippen molar-refractivity contribution in [1.29, 1.82) is 0 Å². The molecule has 46 valence electrons. The second-order valence-corrected chi connectivity index (χ2v) is 1.70. The summed E-state index contributed by atoms with van der Waals surface area (Å²) in [4.78, 5) is 18.3. The van der Waals surface area contributed by atoms with Crippen molar-refractivity contribution in [3.8, 4) is 0 Å². The highest BCUT2D eigenvalue weighted by atomic mass is 31.0. The first-order chi connectivity index (χ1) is 3.55. The van der Waals surface area contributed by atoms with Gasteiger partial charge in [-0.05, 0) is 9.24 Å². The summed E-state index contributed by atoms with van der Waals surface area (Å²) >= 11 is 0. The SMILES string of the molecule is O=C(O)C(P)[N+](=O)[O-]. The molecule has 6 heteroatoms. The van der Waals surface area contributed by atoms with Crippen LogP contribution >= 0.6 is 9.24 Å². The van der Waals surface area contributed by atoms with Gasteiger partial charge < -0.3 is 5.11 Å². The maximum atomic E-state index is 9.68. The van der Waals surface area contributed by atoms with Crippen LogP contribution in [0.4, 0.5) is 0 Å². The predicted octanol–water partition coefficient (Wildman–Crippen LogP) is -0.451. The van der Waals surface area contributed by atoms with Crippen molar-refractivity contribution in [2.45, 2.75) is 5.78 Å². The molecule has 0 rings (SSSR count). The van der Waals surface area contributed by atoms with Crippen LogP contribution in [-0.2, 0) is 4.79 Å². The van der Waals surface area contributed by atoms with Crippen LogP contribution in [0.5, 0.6) is 0 Å². The average molecular weight is 137 g/mol. The molecule has 0 aromatic carbocycles. The van der Waals surface area contributed by atoms with E-state index in [0.717, 1.165) is 0 Å². The van der Waals surface area contributed by atoms with Crippen molar-refractivity contribution in [3.63, 3.8) is 0 Å². The smallest absolute Gasteiger partial charge is 0.382 e. The van der Waals surface area contributed by atoms with Crippen molar-refractivity contribution in [3.05, 3.63) is 10.1 Å². The molecule has 0 aromatic rings. The second-order valence-electron chi connectivity index (χ2n) is 1.07. The second kappa shape index (κ2) is 2.57. The molecule has 5 nitrogen and oxygen atoms in total. The molecule has 0 radical (unpaired) electrons. The summed E-state index contributed by atoms with van der Waals surface area (Å²) in [5, 5.41) is 17.4. The van der Waals surface area contributed by atoms with Gasteiger partial charge >= 0.3 is 11.8 Å². The Kier molecular flexibility index (Phi) is 2.34. The highest BCUT2D eigenvalue weighted by Crippen LogP contribution is 1.98. The molecule has 0 fully saturated rings. The molecule has 0 amide bonds. The molecule has 0 aliphatic heterocycles. The van der Waals surface area contributed by atoms with Crippen LogP contribution in [0, 0.1) is 10.1 Å². The molecule has 0 saturated heterocycles. The Morgan fingerprint density at radius 2 is 2.25 bits per heavy atom. The zero-order valence-electron chi connectivity index (χ0n) is 3.77. The zero-order valence-corrected chi connectivity index (χ0v) is 4.93. The van der Waals surface area contributed by atoms with E-state index in [2.05, 4.69) is 0 Å². The fraction of sp³-hybridized carbons (Fsp3) is 0.500. The Labute approximate surface area is 47.0 Å². The molecule has 0 heterocycles. The monoisotopic (exact) mass is 137 g/mol. The number of carbonyl (C=O) groups is 1. The first kappa shape index (κ1) is 7.30. The van der Waals surface area contributed by atoms with Crippen molar-refractivity contribution in [2.75, 3.05) is 0 Å². The Morgan fingerprint density at radius 3 is 2.25 bits per heavy atom. The molecule has 8 heavy (non-hydrogen) atoms. The van der Waals surface area contributed by atoms with Gasteiger partial charge in [-0.1, -0.05) is 0 Å². The number of hydrogen-bond acceptors (Lipinski definition) is 3. The molecule has 2 unspecified atom stereocenters. The average Bonchev–Trinajstić information content (AvgIpc) is 1.64. The summed E-state index contributed by atoms with van der Waals surface area (Å²) < 4.78 is 0. The van der Waals surface area contributed by atoms with Gasteiger partial charge in [-0.25, -0.2) is 4.79 Å². The third-order valence-electron chi connectivity index (χ3n) is 0.480. The van der Waals surface area contributed by atoms with Crippen molar-refractivity contribution in [2.24, 2.45) is 0 Å². The van der Waals surface area contributed by atoms with E-state index in [1.165, 1.54) is 0 Å². The van der Waals surface area contributed by atoms with E-state index in [-0.39, 0.29) is 0 Å². The Balaban J connectivity index is 3.83. The number of rotatable bonds is 2. The molecule has 2 atom stereocenters. The number of nitrogens with zero attached hydrogens (tertiary/aromatic N) is 1. The quantitative estimate of drug-likeness (QED) is 0.317. The number of hydrogen-bond donors (Lipinski definition) is 1. The molecule has 1 N–H and O–H groups in total. The number of aliphatic carboxylic acids is 1. The Hall–Kier alpha value is -0.700. The molecule has 0 bridgehead atoms. The maximum Gasteiger partial charge on any atom is 0.382 e. The number of carboxylic acid groups (broad SMARTS) is 1. The predicted molar refractivity (Wildman–Crippen MR) is 28.1 cm³/mol. The fourth-order valence-electron chi connectivity index (χ4n) is 0.0902. The summed E-state index contributed by atoms with van der Waals surface area (Å²) in [6, 6.07) is 0. The molecule has 0 aliphatic rings. The van der Waals surface area contributed by atoms with Gasteiger partial charge in [-0.15, -0.1) is 0 Å². The lowest BCUT2D eigenvalue weighted by molar-refractivity contribution is -0.484. The number of carboxylic acids is 1. The minimum Gasteiger partial charge on any atom is -0.476 e. The molecule has 0 saturated carbocycles. The van der Waals surface area contributed by atoms with E-state index < -0.39 is 16.7 Å². The largest absolute Gasteiger partial charge is 0.476 e. The highest BCUT2D eigenvalue weighted by molar-refractivity contribution is 7.18. The molecule has 0 spiro atoms. The van der Waals surface area contributed by atoms with Crippen LogP contribution in [0.3, 0.4) is 0 Å². The highest BCUT2D eigenvalue weighted by Gasteiger charge is 2.21. The lowest BCUT2D eigenvalue weighted by Crippen LogP contribution is -2.21. The third-order valence-corrected chi connectivity index (χ3v) is 1.01. The number of nitro groups is 1. The van der Waals surface area contributed by atoms with Crippen molar-refractivity contribution < 1.29 is 14.8 Å². The van der Waals surface area contributed by atoms with Crippen LogP contribution in [-0.4, -0.2) is 21.8 Å². The van der Waals surface area contributed by atoms with Gasteiger partial charge in [0.05, 0.1) is 0 Å². The van der Waals surface area contributed by atoms with Gasteiger partial charge in [-0.3, -0.25) is 10.1 Å². The van der Waals surface area contributed by atoms with Gasteiger partial charge in [0.1, 0.15) is 0 Å². The van der Waals surface area contributed by atoms with Gasteiger partial charge in [0.25, 0.3) is 0 Å². The Bertz CT molecular complexity index is 109. The first-order valence-corrected chi connectivity index (χ1v) is 2.34. The van der Waals surface area contributed by atoms with E-state index in [9.17, 15) is 14.9 Å². The van der Waals surface area contributed by atoms with Gasteiger partial charge in [0, 0.05) is 4.92 Å². The summed E-state index contributed by atoms with van der Waals surface area (Å²) in [7, 11) is 1.59. The van der Waals surface area contributed by atoms with Crippen LogP contribution in [0.2, 0.25) is 0 Å².